The molecule has 1 fully saturated rings. The molecule has 1 unspecified atom stereocenters. The summed E-state index contributed by atoms with van der Waals surface area (Å²) in [7, 11) is 0. The second-order valence-corrected chi connectivity index (χ2v) is 4.60. The van der Waals surface area contributed by atoms with Crippen LogP contribution >= 0.6 is 11.6 Å². The lowest BCUT2D eigenvalue weighted by Crippen LogP contribution is -2.53. The molecule has 1 aliphatic heterocycles. The lowest BCUT2D eigenvalue weighted by Gasteiger charge is -2.36. The maximum Gasteiger partial charge on any atom is 0.242 e. The van der Waals surface area contributed by atoms with Crippen molar-refractivity contribution < 1.29 is 9.53 Å². The van der Waals surface area contributed by atoms with Crippen molar-refractivity contribution >= 4 is 23.2 Å². The highest BCUT2D eigenvalue weighted by Crippen LogP contribution is 2.27. The molecule has 1 amide bonds. The molecular formula is C12H16ClN3O2. The van der Waals surface area contributed by atoms with E-state index in [2.05, 4.69) is 0 Å². The topological polar surface area (TPSA) is 81.6 Å². The molecule has 1 aromatic carbocycles. The molecule has 98 valence electrons. The first-order chi connectivity index (χ1) is 8.63. The minimum absolute atomic E-state index is 0.297. The fraction of sp³-hybridized carbons (Fsp3) is 0.417. The summed E-state index contributed by atoms with van der Waals surface area (Å²) >= 11 is 6.01. The molecule has 4 N–H and O–H groups in total. The van der Waals surface area contributed by atoms with Gasteiger partial charge in [-0.2, -0.15) is 0 Å². The quantitative estimate of drug-likeness (QED) is 0.837. The van der Waals surface area contributed by atoms with E-state index in [9.17, 15) is 4.79 Å². The van der Waals surface area contributed by atoms with Gasteiger partial charge in [-0.25, -0.2) is 0 Å². The molecule has 0 aromatic heterocycles. The number of halogens is 1. The van der Waals surface area contributed by atoms with Crippen LogP contribution in [0.2, 0.25) is 5.02 Å². The Hall–Kier alpha value is -1.30. The summed E-state index contributed by atoms with van der Waals surface area (Å²) < 4.78 is 5.29. The van der Waals surface area contributed by atoms with Gasteiger partial charge in [0.2, 0.25) is 5.91 Å². The zero-order valence-corrected chi connectivity index (χ0v) is 10.7. The van der Waals surface area contributed by atoms with Gasteiger partial charge in [-0.15, -0.1) is 0 Å². The first kappa shape index (κ1) is 13.1. The molecule has 0 bridgehead atoms. The van der Waals surface area contributed by atoms with E-state index in [4.69, 9.17) is 27.8 Å². The van der Waals surface area contributed by atoms with Crippen LogP contribution in [-0.4, -0.2) is 31.7 Å². The Bertz CT molecular complexity index is 453. The Labute approximate surface area is 111 Å². The highest BCUT2D eigenvalue weighted by Gasteiger charge is 2.29. The van der Waals surface area contributed by atoms with Gasteiger partial charge in [0.1, 0.15) is 6.04 Å². The zero-order chi connectivity index (χ0) is 13.1. The number of hydrogen-bond donors (Lipinski definition) is 2. The number of amides is 1. The Morgan fingerprint density at radius 3 is 3.00 bits per heavy atom. The first-order valence-electron chi connectivity index (χ1n) is 5.75. The number of benzene rings is 1. The second-order valence-electron chi connectivity index (χ2n) is 4.16. The summed E-state index contributed by atoms with van der Waals surface area (Å²) in [5.74, 6) is -0.405. The molecular weight excluding hydrogens is 254 g/mol. The minimum atomic E-state index is -0.470. The highest BCUT2D eigenvalue weighted by molar-refractivity contribution is 6.30. The summed E-state index contributed by atoms with van der Waals surface area (Å²) in [5.41, 5.74) is 12.9. The molecule has 6 heteroatoms. The van der Waals surface area contributed by atoms with Crippen molar-refractivity contribution in [3.8, 4) is 0 Å². The molecule has 1 saturated heterocycles. The molecule has 0 saturated carbocycles. The van der Waals surface area contributed by atoms with Crippen LogP contribution in [0.5, 0.6) is 0 Å². The zero-order valence-electron chi connectivity index (χ0n) is 9.93. The maximum atomic E-state index is 11.5. The van der Waals surface area contributed by atoms with Crippen molar-refractivity contribution in [1.29, 1.82) is 0 Å². The molecule has 1 heterocycles. The monoisotopic (exact) mass is 269 g/mol. The number of hydrogen-bond acceptors (Lipinski definition) is 4. The predicted octanol–water partition coefficient (Wildman–Crippen LogP) is 0.489. The van der Waals surface area contributed by atoms with Gasteiger partial charge in [0.25, 0.3) is 0 Å². The number of morpholine rings is 1. The van der Waals surface area contributed by atoms with Gasteiger partial charge >= 0.3 is 0 Å². The van der Waals surface area contributed by atoms with Crippen molar-refractivity contribution in [2.75, 3.05) is 24.7 Å². The van der Waals surface area contributed by atoms with E-state index in [1.807, 2.05) is 17.0 Å². The van der Waals surface area contributed by atoms with Crippen LogP contribution in [0.4, 0.5) is 5.69 Å². The number of nitrogens with zero attached hydrogens (tertiary/aromatic N) is 1. The minimum Gasteiger partial charge on any atom is -0.377 e. The molecule has 18 heavy (non-hydrogen) atoms. The first-order valence-corrected chi connectivity index (χ1v) is 6.13. The third-order valence-electron chi connectivity index (χ3n) is 3.03. The molecule has 0 aliphatic carbocycles. The molecule has 1 aliphatic rings. The summed E-state index contributed by atoms with van der Waals surface area (Å²) in [5, 5.41) is 0.608. The highest BCUT2D eigenvalue weighted by atomic mass is 35.5. The predicted molar refractivity (Wildman–Crippen MR) is 70.5 cm³/mol. The molecule has 2 rings (SSSR count). The Morgan fingerprint density at radius 1 is 1.56 bits per heavy atom. The summed E-state index contributed by atoms with van der Waals surface area (Å²) in [6.45, 7) is 1.84. The number of primary amides is 1. The second kappa shape index (κ2) is 5.56. The normalized spacial score (nSPS) is 19.9. The fourth-order valence-electron chi connectivity index (χ4n) is 2.10. The van der Waals surface area contributed by atoms with Crippen LogP contribution < -0.4 is 16.4 Å². The number of carbonyl (C=O) groups is 1. The van der Waals surface area contributed by atoms with Gasteiger partial charge in [-0.05, 0) is 17.7 Å². The average molecular weight is 270 g/mol. The van der Waals surface area contributed by atoms with Crippen molar-refractivity contribution in [2.45, 2.75) is 12.6 Å². The van der Waals surface area contributed by atoms with E-state index in [0.29, 0.717) is 31.3 Å². The Balaban J connectivity index is 2.38. The molecule has 5 nitrogen and oxygen atoms in total. The van der Waals surface area contributed by atoms with Gasteiger partial charge in [0.05, 0.1) is 13.2 Å². The van der Waals surface area contributed by atoms with E-state index in [1.54, 1.807) is 6.07 Å². The van der Waals surface area contributed by atoms with E-state index in [0.717, 1.165) is 11.3 Å². The van der Waals surface area contributed by atoms with E-state index < -0.39 is 11.9 Å². The van der Waals surface area contributed by atoms with E-state index in [-0.39, 0.29) is 0 Å². The lowest BCUT2D eigenvalue weighted by atomic mass is 10.1. The van der Waals surface area contributed by atoms with Crippen LogP contribution in [0.1, 0.15) is 5.56 Å². The third-order valence-corrected chi connectivity index (χ3v) is 3.27. The smallest absolute Gasteiger partial charge is 0.242 e. The number of carbonyl (C=O) groups excluding carboxylic acids is 1. The largest absolute Gasteiger partial charge is 0.377 e. The van der Waals surface area contributed by atoms with E-state index >= 15 is 0 Å². The lowest BCUT2D eigenvalue weighted by molar-refractivity contribution is -0.121. The molecule has 0 spiro atoms. The maximum absolute atomic E-state index is 11.5. The summed E-state index contributed by atoms with van der Waals surface area (Å²) in [6, 6.07) is 4.99. The van der Waals surface area contributed by atoms with Crippen molar-refractivity contribution in [2.24, 2.45) is 11.5 Å². The number of nitrogens with two attached hydrogens (primary N) is 2. The number of ether oxygens (including phenoxy) is 1. The van der Waals surface area contributed by atoms with E-state index in [1.165, 1.54) is 0 Å². The standard InChI is InChI=1S/C12H16ClN3O2/c13-9-2-1-8(6-14)10(5-9)16-3-4-18-7-11(16)12(15)17/h1-2,5,11H,3-4,6-7,14H2,(H2,15,17). The van der Waals surface area contributed by atoms with Crippen molar-refractivity contribution in [3.63, 3.8) is 0 Å². The van der Waals surface area contributed by atoms with Gasteiger partial charge in [0, 0.05) is 23.8 Å². The fourth-order valence-corrected chi connectivity index (χ4v) is 2.27. The van der Waals surface area contributed by atoms with Crippen LogP contribution in [0, 0.1) is 0 Å². The Kier molecular flexibility index (Phi) is 4.06. The number of anilines is 1. The third kappa shape index (κ3) is 2.58. The SMILES string of the molecule is NCc1ccc(Cl)cc1N1CCOCC1C(N)=O. The average Bonchev–Trinajstić information content (AvgIpc) is 2.38. The summed E-state index contributed by atoms with van der Waals surface area (Å²) in [4.78, 5) is 13.4. The van der Waals surface area contributed by atoms with Crippen LogP contribution in [-0.2, 0) is 16.1 Å². The Morgan fingerprint density at radius 2 is 2.33 bits per heavy atom. The van der Waals surface area contributed by atoms with Crippen LogP contribution in [0.15, 0.2) is 18.2 Å². The summed E-state index contributed by atoms with van der Waals surface area (Å²) in [6.07, 6.45) is 0. The van der Waals surface area contributed by atoms with Gasteiger partial charge < -0.3 is 21.1 Å². The molecule has 0 radical (unpaired) electrons. The van der Waals surface area contributed by atoms with Crippen LogP contribution in [0.25, 0.3) is 0 Å². The van der Waals surface area contributed by atoms with Gasteiger partial charge in [0.15, 0.2) is 0 Å². The number of rotatable bonds is 3. The van der Waals surface area contributed by atoms with Crippen molar-refractivity contribution in [1.82, 2.24) is 0 Å². The van der Waals surface area contributed by atoms with Crippen molar-refractivity contribution in [3.05, 3.63) is 28.8 Å². The molecule has 1 aromatic rings. The molecule has 1 atom stereocenters. The van der Waals surface area contributed by atoms with Crippen LogP contribution in [0.3, 0.4) is 0 Å². The van der Waals surface area contributed by atoms with Gasteiger partial charge in [-0.1, -0.05) is 17.7 Å². The van der Waals surface area contributed by atoms with Gasteiger partial charge in [-0.3, -0.25) is 4.79 Å².